The predicted molar refractivity (Wildman–Crippen MR) is 82.0 cm³/mol. The number of fused-ring (bicyclic) bond motifs is 1. The fraction of sp³-hybridized carbons (Fsp3) is 0.312. The van der Waals surface area contributed by atoms with E-state index in [2.05, 4.69) is 34.3 Å². The molecule has 0 aliphatic rings. The van der Waals surface area contributed by atoms with Crippen molar-refractivity contribution >= 4 is 10.9 Å². The number of nitrogens with zero attached hydrogens (tertiary/aromatic N) is 3. The van der Waals surface area contributed by atoms with Gasteiger partial charge < -0.3 is 9.84 Å². The SMILES string of the molecule is CCNCC(C)c1nc(-c2ccc3ccccc3n2)no1. The molecule has 0 saturated carbocycles. The van der Waals surface area contributed by atoms with E-state index in [0.717, 1.165) is 29.7 Å². The van der Waals surface area contributed by atoms with Gasteiger partial charge in [0.15, 0.2) is 0 Å². The molecular weight excluding hydrogens is 264 g/mol. The fourth-order valence-electron chi connectivity index (χ4n) is 2.18. The Hall–Kier alpha value is -2.27. The Morgan fingerprint density at radius 1 is 1.14 bits per heavy atom. The summed E-state index contributed by atoms with van der Waals surface area (Å²) in [6.07, 6.45) is 0. The molecule has 5 nitrogen and oxygen atoms in total. The summed E-state index contributed by atoms with van der Waals surface area (Å²) in [5.74, 6) is 1.37. The Morgan fingerprint density at radius 3 is 2.86 bits per heavy atom. The maximum absolute atomic E-state index is 5.35. The van der Waals surface area contributed by atoms with Gasteiger partial charge in [-0.25, -0.2) is 4.98 Å². The first-order valence-electron chi connectivity index (χ1n) is 7.18. The highest BCUT2D eigenvalue weighted by Gasteiger charge is 2.15. The molecule has 2 heterocycles. The lowest BCUT2D eigenvalue weighted by Gasteiger charge is -2.05. The number of pyridine rings is 1. The minimum Gasteiger partial charge on any atom is -0.339 e. The summed E-state index contributed by atoms with van der Waals surface area (Å²) < 4.78 is 5.35. The highest BCUT2D eigenvalue weighted by molar-refractivity contribution is 5.80. The monoisotopic (exact) mass is 282 g/mol. The number of hydrogen-bond donors (Lipinski definition) is 1. The Balaban J connectivity index is 1.87. The van der Waals surface area contributed by atoms with Gasteiger partial charge >= 0.3 is 0 Å². The van der Waals surface area contributed by atoms with Crippen molar-refractivity contribution in [3.8, 4) is 11.5 Å². The Labute approximate surface area is 123 Å². The van der Waals surface area contributed by atoms with Crippen LogP contribution in [0.1, 0.15) is 25.7 Å². The molecule has 2 aromatic heterocycles. The molecule has 0 radical (unpaired) electrons. The quantitative estimate of drug-likeness (QED) is 0.779. The summed E-state index contributed by atoms with van der Waals surface area (Å²) in [4.78, 5) is 9.04. The number of nitrogens with one attached hydrogen (secondary N) is 1. The van der Waals surface area contributed by atoms with Gasteiger partial charge in [0.05, 0.1) is 5.52 Å². The molecule has 1 atom stereocenters. The van der Waals surface area contributed by atoms with Crippen LogP contribution in [0.2, 0.25) is 0 Å². The second-order valence-corrected chi connectivity index (χ2v) is 5.05. The van der Waals surface area contributed by atoms with Gasteiger partial charge in [0.1, 0.15) is 5.69 Å². The van der Waals surface area contributed by atoms with Gasteiger partial charge in [-0.3, -0.25) is 0 Å². The number of likely N-dealkylation sites (N-methyl/N-ethyl adjacent to an activating group) is 1. The number of para-hydroxylation sites is 1. The van der Waals surface area contributed by atoms with Crippen molar-refractivity contribution in [3.63, 3.8) is 0 Å². The van der Waals surface area contributed by atoms with E-state index in [9.17, 15) is 0 Å². The molecule has 108 valence electrons. The first-order chi connectivity index (χ1) is 10.3. The first-order valence-corrected chi connectivity index (χ1v) is 7.18. The molecule has 1 N–H and O–H groups in total. The summed E-state index contributed by atoms with van der Waals surface area (Å²) in [5.41, 5.74) is 1.67. The van der Waals surface area contributed by atoms with Gasteiger partial charge in [-0.15, -0.1) is 0 Å². The average molecular weight is 282 g/mol. The summed E-state index contributed by atoms with van der Waals surface area (Å²) >= 11 is 0. The van der Waals surface area contributed by atoms with Crippen LogP contribution in [0.15, 0.2) is 40.9 Å². The van der Waals surface area contributed by atoms with Crippen LogP contribution in [-0.4, -0.2) is 28.2 Å². The zero-order chi connectivity index (χ0) is 14.7. The summed E-state index contributed by atoms with van der Waals surface area (Å²) in [7, 11) is 0. The molecule has 1 aromatic carbocycles. The van der Waals surface area contributed by atoms with Crippen molar-refractivity contribution < 1.29 is 4.52 Å². The molecule has 0 aliphatic carbocycles. The molecule has 0 amide bonds. The van der Waals surface area contributed by atoms with Gasteiger partial charge in [0.25, 0.3) is 0 Å². The maximum atomic E-state index is 5.35. The summed E-state index contributed by atoms with van der Waals surface area (Å²) in [5, 5.41) is 8.42. The number of benzene rings is 1. The van der Waals surface area contributed by atoms with Gasteiger partial charge in [0, 0.05) is 17.8 Å². The summed E-state index contributed by atoms with van der Waals surface area (Å²) in [6.45, 7) is 5.89. The van der Waals surface area contributed by atoms with E-state index >= 15 is 0 Å². The van der Waals surface area contributed by atoms with Crippen molar-refractivity contribution in [2.75, 3.05) is 13.1 Å². The van der Waals surface area contributed by atoms with E-state index in [4.69, 9.17) is 4.52 Å². The lowest BCUT2D eigenvalue weighted by Crippen LogP contribution is -2.19. The molecule has 0 spiro atoms. The molecule has 1 unspecified atom stereocenters. The third-order valence-corrected chi connectivity index (χ3v) is 3.39. The lowest BCUT2D eigenvalue weighted by atomic mass is 10.2. The van der Waals surface area contributed by atoms with Crippen LogP contribution in [0.3, 0.4) is 0 Å². The van der Waals surface area contributed by atoms with E-state index < -0.39 is 0 Å². The molecule has 0 bridgehead atoms. The topological polar surface area (TPSA) is 63.8 Å². The molecule has 21 heavy (non-hydrogen) atoms. The molecular formula is C16H18N4O. The van der Waals surface area contributed by atoms with Crippen molar-refractivity contribution in [1.29, 1.82) is 0 Å². The normalized spacial score (nSPS) is 12.7. The number of rotatable bonds is 5. The second kappa shape index (κ2) is 6.01. The van der Waals surface area contributed by atoms with Gasteiger partial charge in [0.2, 0.25) is 11.7 Å². The van der Waals surface area contributed by atoms with Crippen LogP contribution in [0.25, 0.3) is 22.4 Å². The predicted octanol–water partition coefficient (Wildman–Crippen LogP) is 3.00. The molecule has 3 rings (SSSR count). The fourth-order valence-corrected chi connectivity index (χ4v) is 2.18. The van der Waals surface area contributed by atoms with E-state index in [1.807, 2.05) is 36.4 Å². The van der Waals surface area contributed by atoms with Crippen LogP contribution < -0.4 is 5.32 Å². The maximum Gasteiger partial charge on any atom is 0.231 e. The van der Waals surface area contributed by atoms with E-state index in [1.54, 1.807) is 0 Å². The standard InChI is InChI=1S/C16H18N4O/c1-3-17-10-11(2)16-19-15(20-21-16)14-9-8-12-6-4-5-7-13(12)18-14/h4-9,11,17H,3,10H2,1-2H3. The van der Waals surface area contributed by atoms with Gasteiger partial charge in [-0.2, -0.15) is 4.98 Å². The zero-order valence-corrected chi connectivity index (χ0v) is 12.2. The van der Waals surface area contributed by atoms with E-state index in [1.165, 1.54) is 0 Å². The van der Waals surface area contributed by atoms with Gasteiger partial charge in [-0.05, 0) is 18.7 Å². The van der Waals surface area contributed by atoms with Crippen LogP contribution in [0.5, 0.6) is 0 Å². The number of aromatic nitrogens is 3. The van der Waals surface area contributed by atoms with Crippen molar-refractivity contribution in [2.24, 2.45) is 0 Å². The number of hydrogen-bond acceptors (Lipinski definition) is 5. The lowest BCUT2D eigenvalue weighted by molar-refractivity contribution is 0.355. The highest BCUT2D eigenvalue weighted by Crippen LogP contribution is 2.20. The van der Waals surface area contributed by atoms with E-state index in [-0.39, 0.29) is 5.92 Å². The smallest absolute Gasteiger partial charge is 0.231 e. The van der Waals surface area contributed by atoms with Crippen molar-refractivity contribution in [3.05, 3.63) is 42.3 Å². The summed E-state index contributed by atoms with van der Waals surface area (Å²) in [6, 6.07) is 11.9. The van der Waals surface area contributed by atoms with Crippen molar-refractivity contribution in [2.45, 2.75) is 19.8 Å². The van der Waals surface area contributed by atoms with Crippen LogP contribution in [0, 0.1) is 0 Å². The largest absolute Gasteiger partial charge is 0.339 e. The Kier molecular flexibility index (Phi) is 3.92. The van der Waals surface area contributed by atoms with Crippen LogP contribution in [-0.2, 0) is 0 Å². The minimum absolute atomic E-state index is 0.187. The molecule has 0 aliphatic heterocycles. The van der Waals surface area contributed by atoms with Gasteiger partial charge in [-0.1, -0.05) is 43.3 Å². The molecule has 5 heteroatoms. The van der Waals surface area contributed by atoms with Crippen LogP contribution >= 0.6 is 0 Å². The first kappa shape index (κ1) is 13.7. The second-order valence-electron chi connectivity index (χ2n) is 5.05. The van der Waals surface area contributed by atoms with Crippen molar-refractivity contribution in [1.82, 2.24) is 20.4 Å². The molecule has 0 saturated heterocycles. The third kappa shape index (κ3) is 2.92. The van der Waals surface area contributed by atoms with Crippen LogP contribution in [0.4, 0.5) is 0 Å². The molecule has 0 fully saturated rings. The Morgan fingerprint density at radius 2 is 2.00 bits per heavy atom. The minimum atomic E-state index is 0.187. The zero-order valence-electron chi connectivity index (χ0n) is 12.2. The highest BCUT2D eigenvalue weighted by atomic mass is 16.5. The Bertz CT molecular complexity index is 738. The average Bonchev–Trinajstić information content (AvgIpc) is 3.02. The van der Waals surface area contributed by atoms with E-state index in [0.29, 0.717) is 11.7 Å². The molecule has 3 aromatic rings. The third-order valence-electron chi connectivity index (χ3n) is 3.39.